The molecule has 0 atom stereocenters. The van der Waals surface area contributed by atoms with Gasteiger partial charge in [-0.15, -0.1) is 0 Å². The number of amides is 2. The van der Waals surface area contributed by atoms with Crippen LogP contribution in [0, 0.1) is 6.42 Å². The second kappa shape index (κ2) is 12.1. The SMILES string of the molecule is NCc1ccc(C(=O)NCCOC(=O)N(c2ccccc2-c2ccccc2)N2CC[CH]CC2)cc1. The first-order chi connectivity index (χ1) is 17.2. The molecule has 0 spiro atoms. The summed E-state index contributed by atoms with van der Waals surface area (Å²) in [7, 11) is 0. The number of hydrogen-bond acceptors (Lipinski definition) is 5. The highest BCUT2D eigenvalue weighted by molar-refractivity contribution is 5.94. The molecular weight excluding hydrogens is 440 g/mol. The summed E-state index contributed by atoms with van der Waals surface area (Å²) >= 11 is 0. The van der Waals surface area contributed by atoms with E-state index in [2.05, 4.69) is 11.7 Å². The van der Waals surface area contributed by atoms with Crippen LogP contribution < -0.4 is 16.1 Å². The van der Waals surface area contributed by atoms with Crippen molar-refractivity contribution in [3.63, 3.8) is 0 Å². The van der Waals surface area contributed by atoms with Crippen molar-refractivity contribution in [1.29, 1.82) is 0 Å². The molecule has 3 N–H and O–H groups in total. The Morgan fingerprint density at radius 3 is 2.31 bits per heavy atom. The van der Waals surface area contributed by atoms with E-state index in [1.165, 1.54) is 0 Å². The van der Waals surface area contributed by atoms with Crippen molar-refractivity contribution < 1.29 is 14.3 Å². The molecular formula is C28H31N4O3. The average molecular weight is 472 g/mol. The van der Waals surface area contributed by atoms with Crippen LogP contribution in [0.1, 0.15) is 28.8 Å². The van der Waals surface area contributed by atoms with Gasteiger partial charge in [0.15, 0.2) is 0 Å². The Labute approximate surface area is 206 Å². The number of piperidine rings is 1. The maximum atomic E-state index is 13.3. The number of ether oxygens (including phenoxy) is 1. The highest BCUT2D eigenvalue weighted by atomic mass is 16.6. The van der Waals surface area contributed by atoms with Crippen molar-refractivity contribution in [2.75, 3.05) is 31.3 Å². The van der Waals surface area contributed by atoms with Gasteiger partial charge in [0.25, 0.3) is 5.91 Å². The van der Waals surface area contributed by atoms with Crippen LogP contribution >= 0.6 is 0 Å². The standard InChI is InChI=1S/C28H31N4O3/c29-21-22-13-15-24(16-14-22)27(33)30-17-20-35-28(34)32(31-18-7-2-8-19-31)26-12-6-5-11-25(26)23-9-3-1-4-10-23/h1-6,9-16H,7-8,17-21,29H2,(H,30,33). The third-order valence-electron chi connectivity index (χ3n) is 5.92. The molecule has 0 unspecified atom stereocenters. The molecule has 3 aromatic carbocycles. The second-order valence-corrected chi connectivity index (χ2v) is 8.29. The molecule has 3 aromatic rings. The summed E-state index contributed by atoms with van der Waals surface area (Å²) in [5, 5.41) is 6.47. The molecule has 0 saturated carbocycles. The van der Waals surface area contributed by atoms with E-state index in [0.717, 1.165) is 48.3 Å². The molecule has 1 saturated heterocycles. The van der Waals surface area contributed by atoms with E-state index < -0.39 is 6.09 Å². The Bertz CT molecular complexity index is 1110. The summed E-state index contributed by atoms with van der Waals surface area (Å²) < 4.78 is 5.63. The minimum absolute atomic E-state index is 0.0649. The maximum absolute atomic E-state index is 13.3. The lowest BCUT2D eigenvalue weighted by Gasteiger charge is -2.37. The zero-order valence-corrected chi connectivity index (χ0v) is 19.7. The zero-order valence-electron chi connectivity index (χ0n) is 19.7. The average Bonchev–Trinajstić information content (AvgIpc) is 2.92. The number of nitrogens with two attached hydrogens (primary N) is 1. The van der Waals surface area contributed by atoms with Crippen molar-refractivity contribution in [1.82, 2.24) is 10.3 Å². The number of hydrazine groups is 1. The van der Waals surface area contributed by atoms with Crippen molar-refractivity contribution in [3.8, 4) is 11.1 Å². The molecule has 0 aliphatic carbocycles. The van der Waals surface area contributed by atoms with Gasteiger partial charge in [-0.05, 0) is 48.6 Å². The Morgan fingerprint density at radius 2 is 1.60 bits per heavy atom. The lowest BCUT2D eigenvalue weighted by atomic mass is 10.0. The quantitative estimate of drug-likeness (QED) is 0.476. The molecule has 0 bridgehead atoms. The third kappa shape index (κ3) is 6.26. The normalized spacial score (nSPS) is 13.7. The predicted molar refractivity (Wildman–Crippen MR) is 137 cm³/mol. The van der Waals surface area contributed by atoms with E-state index in [4.69, 9.17) is 10.5 Å². The molecule has 1 aliphatic rings. The Hall–Kier alpha value is -3.68. The number of carbonyl (C=O) groups excluding carboxylic acids is 2. The molecule has 181 valence electrons. The van der Waals surface area contributed by atoms with Crippen molar-refractivity contribution in [2.45, 2.75) is 19.4 Å². The molecule has 7 heteroatoms. The van der Waals surface area contributed by atoms with Gasteiger partial charge in [0, 0.05) is 30.8 Å². The number of anilines is 1. The van der Waals surface area contributed by atoms with Crippen LogP contribution in [0.25, 0.3) is 11.1 Å². The topological polar surface area (TPSA) is 87.9 Å². The van der Waals surface area contributed by atoms with Crippen LogP contribution in [0.15, 0.2) is 78.9 Å². The fraction of sp³-hybridized carbons (Fsp3) is 0.250. The molecule has 0 aromatic heterocycles. The summed E-state index contributed by atoms with van der Waals surface area (Å²) in [5.41, 5.74) is 9.86. The van der Waals surface area contributed by atoms with E-state index in [1.54, 1.807) is 17.1 Å². The fourth-order valence-corrected chi connectivity index (χ4v) is 4.08. The minimum Gasteiger partial charge on any atom is -0.446 e. The number of hydrogen-bond donors (Lipinski definition) is 2. The van der Waals surface area contributed by atoms with Crippen LogP contribution in [-0.4, -0.2) is 43.3 Å². The van der Waals surface area contributed by atoms with Crippen molar-refractivity contribution >= 4 is 17.7 Å². The molecule has 7 nitrogen and oxygen atoms in total. The zero-order chi connectivity index (χ0) is 24.5. The van der Waals surface area contributed by atoms with Gasteiger partial charge in [0.05, 0.1) is 12.2 Å². The van der Waals surface area contributed by atoms with Gasteiger partial charge >= 0.3 is 6.09 Å². The summed E-state index contributed by atoms with van der Waals surface area (Å²) in [6.07, 6.45) is 3.57. The van der Waals surface area contributed by atoms with E-state index >= 15 is 0 Å². The van der Waals surface area contributed by atoms with E-state index in [0.29, 0.717) is 12.1 Å². The van der Waals surface area contributed by atoms with Crippen molar-refractivity contribution in [3.05, 3.63) is 96.4 Å². The molecule has 1 fully saturated rings. The molecule has 1 radical (unpaired) electrons. The second-order valence-electron chi connectivity index (χ2n) is 8.29. The number of carbonyl (C=O) groups is 2. The number of nitrogens with zero attached hydrogens (tertiary/aromatic N) is 2. The Balaban J connectivity index is 1.44. The first-order valence-electron chi connectivity index (χ1n) is 11.9. The largest absolute Gasteiger partial charge is 0.446 e. The lowest BCUT2D eigenvalue weighted by molar-refractivity contribution is 0.0927. The van der Waals surface area contributed by atoms with Crippen LogP contribution in [0.3, 0.4) is 0 Å². The Morgan fingerprint density at radius 1 is 0.914 bits per heavy atom. The first kappa shape index (κ1) is 24.4. The third-order valence-corrected chi connectivity index (χ3v) is 5.92. The van der Waals surface area contributed by atoms with Gasteiger partial charge in [-0.25, -0.2) is 14.8 Å². The lowest BCUT2D eigenvalue weighted by Crippen LogP contribution is -2.50. The number of para-hydroxylation sites is 1. The molecule has 35 heavy (non-hydrogen) atoms. The van der Waals surface area contributed by atoms with Gasteiger partial charge < -0.3 is 15.8 Å². The van der Waals surface area contributed by atoms with Gasteiger partial charge in [-0.3, -0.25) is 4.79 Å². The monoisotopic (exact) mass is 471 g/mol. The maximum Gasteiger partial charge on any atom is 0.429 e. The smallest absolute Gasteiger partial charge is 0.429 e. The van der Waals surface area contributed by atoms with Gasteiger partial charge in [0.2, 0.25) is 0 Å². The molecule has 4 rings (SSSR count). The molecule has 1 heterocycles. The van der Waals surface area contributed by atoms with Crippen LogP contribution in [0.4, 0.5) is 10.5 Å². The predicted octanol–water partition coefficient (Wildman–Crippen LogP) is 4.40. The molecule has 1 aliphatic heterocycles. The van der Waals surface area contributed by atoms with E-state index in [9.17, 15) is 9.59 Å². The van der Waals surface area contributed by atoms with Crippen LogP contribution in [0.2, 0.25) is 0 Å². The van der Waals surface area contributed by atoms with Gasteiger partial charge in [-0.1, -0.05) is 60.7 Å². The highest BCUT2D eigenvalue weighted by Gasteiger charge is 2.28. The molecule has 2 amide bonds. The highest BCUT2D eigenvalue weighted by Crippen LogP contribution is 2.33. The van der Waals surface area contributed by atoms with Crippen LogP contribution in [0.5, 0.6) is 0 Å². The number of nitrogens with one attached hydrogen (secondary N) is 1. The van der Waals surface area contributed by atoms with Crippen LogP contribution in [-0.2, 0) is 11.3 Å². The first-order valence-corrected chi connectivity index (χ1v) is 11.9. The Kier molecular flexibility index (Phi) is 8.48. The van der Waals surface area contributed by atoms with Gasteiger partial charge in [0.1, 0.15) is 6.61 Å². The minimum atomic E-state index is -0.461. The van der Waals surface area contributed by atoms with E-state index in [1.807, 2.05) is 71.7 Å². The summed E-state index contributed by atoms with van der Waals surface area (Å²) in [5.74, 6) is -0.220. The summed E-state index contributed by atoms with van der Waals surface area (Å²) in [6, 6.07) is 25.0. The summed E-state index contributed by atoms with van der Waals surface area (Å²) in [4.78, 5) is 25.7. The summed E-state index contributed by atoms with van der Waals surface area (Å²) in [6.45, 7) is 2.17. The van der Waals surface area contributed by atoms with Gasteiger partial charge in [-0.2, -0.15) is 0 Å². The fourth-order valence-electron chi connectivity index (χ4n) is 4.08. The number of benzene rings is 3. The van der Waals surface area contributed by atoms with Crippen molar-refractivity contribution in [2.24, 2.45) is 5.73 Å². The number of rotatable bonds is 8. The van der Waals surface area contributed by atoms with E-state index in [-0.39, 0.29) is 19.1 Å².